The molecule has 0 radical (unpaired) electrons. The molecule has 0 spiro atoms. The fourth-order valence-electron chi connectivity index (χ4n) is 0. The van der Waals surface area contributed by atoms with E-state index in [1.165, 1.54) is 64.2 Å². The summed E-state index contributed by atoms with van der Waals surface area (Å²) >= 11 is 1.42. The third kappa shape index (κ3) is 22400. The van der Waals surface area contributed by atoms with Crippen LogP contribution < -0.4 is 0 Å². The first kappa shape index (κ1) is 159. The Balaban J connectivity index is -0.0000000103. The molecule has 0 aliphatic rings. The van der Waals surface area contributed by atoms with Crippen molar-refractivity contribution in [2.45, 2.75) is 374 Å². The normalized spacial score (nSPS) is 4.93. The van der Waals surface area contributed by atoms with Gasteiger partial charge in [-0.2, -0.15) is 0 Å². The average molecular weight is 1120 g/mol. The number of hydrogen-bond acceptors (Lipinski definition) is 0. The molecule has 60 heavy (non-hydrogen) atoms. The van der Waals surface area contributed by atoms with Crippen LogP contribution in [0.4, 0.5) is 0 Å². The molecule has 0 fully saturated rings. The quantitative estimate of drug-likeness (QED) is 0.227. The molecule has 0 aliphatic heterocycles. The standard InChI is InChI=1S/10C3H8.2C2H6Xe.12C2H6/c12*1-3-2;12*1-2/h10*3H2,1-2H3;2*1-2H3;12*1-2H3. The first-order valence-corrected chi connectivity index (χ1v) is 35.6. The minimum absolute atomic E-state index is 0.710. The van der Waals surface area contributed by atoms with Gasteiger partial charge in [-0.25, -0.2) is 0 Å². The molecule has 0 aromatic heterocycles. The number of hydrogen-bond donors (Lipinski definition) is 0. The average Bonchev–Trinajstić information content (AvgIpc) is 3.30. The van der Waals surface area contributed by atoms with Crippen LogP contribution >= 0.6 is 0 Å². The van der Waals surface area contributed by atoms with Crippen LogP contribution in [0.25, 0.3) is 0 Å². The molecule has 0 bridgehead atoms. The summed E-state index contributed by atoms with van der Waals surface area (Å²) in [7, 11) is 0. The van der Waals surface area contributed by atoms with E-state index in [1.807, 2.05) is 166 Å². The zero-order valence-electron chi connectivity index (χ0n) is 55.8. The van der Waals surface area contributed by atoms with E-state index in [1.54, 1.807) is 0 Å². The van der Waals surface area contributed by atoms with Crippen LogP contribution in [0.3, 0.4) is 0 Å². The monoisotopic (exact) mass is 1130 g/mol. The predicted molar refractivity (Wildman–Crippen MR) is 319 cm³/mol. The third-order valence-corrected chi connectivity index (χ3v) is 0. The summed E-state index contributed by atoms with van der Waals surface area (Å²) in [6.07, 6.45) is 12.5. The van der Waals surface area contributed by atoms with Crippen LogP contribution in [0, 0.1) is 88.4 Å². The van der Waals surface area contributed by atoms with Gasteiger partial charge in [-0.3, -0.25) is 0 Å². The van der Waals surface area contributed by atoms with Crippen molar-refractivity contribution in [2.24, 2.45) is 0 Å². The molecule has 0 aromatic carbocycles. The van der Waals surface area contributed by atoms with Crippen molar-refractivity contribution in [1.29, 1.82) is 0 Å². The molecule has 0 aromatic rings. The minimum atomic E-state index is 0.710. The summed E-state index contributed by atoms with van der Waals surface area (Å²) in [5, 5.41) is 0. The van der Waals surface area contributed by atoms with Gasteiger partial charge in [0, 0.05) is 0 Å². The Kier molecular flexibility index (Phi) is 2690. The summed E-state index contributed by atoms with van der Waals surface area (Å²) in [6, 6.07) is 0. The van der Waals surface area contributed by atoms with Gasteiger partial charge in [0.1, 0.15) is 0 Å². The number of rotatable bonds is 0. The van der Waals surface area contributed by atoms with E-state index in [2.05, 4.69) is 144 Å². The molecule has 2 heteroatoms. The summed E-state index contributed by atoms with van der Waals surface area (Å²) in [5.41, 5.74) is 0. The van der Waals surface area contributed by atoms with Crippen LogP contribution in [-0.4, -0.2) is 0 Å². The van der Waals surface area contributed by atoms with E-state index < -0.39 is 0 Å². The van der Waals surface area contributed by atoms with Gasteiger partial charge in [0.15, 0.2) is 0 Å². The zero-order valence-corrected chi connectivity index (χ0v) is 59.8. The van der Waals surface area contributed by atoms with Gasteiger partial charge >= 0.3 is 93.9 Å². The molecular weight excluding hydrogens is 959 g/mol. The van der Waals surface area contributed by atoms with E-state index in [-0.39, 0.29) is 0 Å². The van der Waals surface area contributed by atoms with Crippen molar-refractivity contribution in [3.8, 4) is 0 Å². The molecule has 0 nitrogen and oxygen atoms in total. The summed E-state index contributed by atoms with van der Waals surface area (Å²) < 4.78 is 8.86. The molecule has 0 amide bonds. The van der Waals surface area contributed by atoms with E-state index >= 15 is 0 Å². The Morgan fingerprint density at radius 3 is 0.133 bits per heavy atom. The molecule has 0 unspecified atom stereocenters. The van der Waals surface area contributed by atoms with Gasteiger partial charge in [-0.15, -0.1) is 0 Å². The maximum atomic E-state index is 2.22. The molecule has 0 atom stereocenters. The van der Waals surface area contributed by atoms with E-state index in [4.69, 9.17) is 0 Å². The molecule has 0 saturated carbocycles. The fourth-order valence-corrected chi connectivity index (χ4v) is 0. The Morgan fingerprint density at radius 2 is 0.133 bits per heavy atom. The zero-order chi connectivity index (χ0) is 56.5. The van der Waals surface area contributed by atoms with Gasteiger partial charge in [-0.05, 0) is 0 Å². The molecule has 0 saturated heterocycles. The molecular formula is C58H164Xe2. The second kappa shape index (κ2) is 1010. The van der Waals surface area contributed by atoms with Crippen LogP contribution in [-0.2, 0) is 0 Å². The predicted octanol–water partition coefficient (Wildman–Crippen LogP) is 28.8. The maximum absolute atomic E-state index is 2.22. The van der Waals surface area contributed by atoms with Crippen LogP contribution in [0.5, 0.6) is 0 Å². The van der Waals surface area contributed by atoms with Gasteiger partial charge in [0.05, 0.1) is 0 Å². The van der Waals surface area contributed by atoms with Gasteiger partial charge in [-0.1, -0.05) is 369 Å². The molecule has 412 valence electrons. The van der Waals surface area contributed by atoms with E-state index in [0.717, 1.165) is 0 Å². The van der Waals surface area contributed by atoms with Crippen molar-refractivity contribution < 1.29 is 88.4 Å². The van der Waals surface area contributed by atoms with Crippen molar-refractivity contribution in [2.75, 3.05) is 0 Å². The first-order valence-electron chi connectivity index (χ1n) is 27.6. The second-order valence-corrected chi connectivity index (χ2v) is 11.8. The first-order chi connectivity index (χ1) is 29.0. The van der Waals surface area contributed by atoms with Crippen molar-refractivity contribution in [3.05, 3.63) is 0 Å². The van der Waals surface area contributed by atoms with Crippen molar-refractivity contribution in [3.63, 3.8) is 0 Å². The Hall–Kier alpha value is 3.14. The second-order valence-electron chi connectivity index (χ2n) is 7.78. The molecule has 0 heterocycles. The van der Waals surface area contributed by atoms with Crippen LogP contribution in [0.2, 0.25) is 5.57 Å². The van der Waals surface area contributed by atoms with Crippen molar-refractivity contribution >= 4 is 0 Å². The molecule has 0 rings (SSSR count). The Bertz CT molecular complexity index is 55.7. The van der Waals surface area contributed by atoms with Crippen LogP contribution in [0.15, 0.2) is 0 Å². The summed E-state index contributed by atoms with van der Waals surface area (Å²) in [5.74, 6) is 0. The van der Waals surface area contributed by atoms with Crippen molar-refractivity contribution in [1.82, 2.24) is 0 Å². The van der Waals surface area contributed by atoms with E-state index in [9.17, 15) is 0 Å². The molecule has 0 aliphatic carbocycles. The van der Waals surface area contributed by atoms with E-state index in [0.29, 0.717) is 88.4 Å². The SMILES string of the molecule is CC.CC.CC.CC.CC.CC.CC.CC.CC.CC.CC.CC.CCC.CCC.CCC.CCC.CCC.CCC.CCC.CCC.CCC.CCC.C[Xe]C.C[Xe]C. The summed E-state index contributed by atoms with van der Waals surface area (Å²) in [6.45, 7) is 90.5. The fraction of sp³-hybridized carbons (Fsp3) is 1.00. The van der Waals surface area contributed by atoms with Crippen LogP contribution in [0.1, 0.15) is 369 Å². The topological polar surface area (TPSA) is 0 Å². The Labute approximate surface area is 456 Å². The van der Waals surface area contributed by atoms with Gasteiger partial charge in [0.2, 0.25) is 0 Å². The molecule has 0 N–H and O–H groups in total. The van der Waals surface area contributed by atoms with Gasteiger partial charge < -0.3 is 0 Å². The third-order valence-electron chi connectivity index (χ3n) is 0. The summed E-state index contributed by atoms with van der Waals surface area (Å²) in [4.78, 5) is 0. The Morgan fingerprint density at radius 1 is 0.133 bits per heavy atom. The van der Waals surface area contributed by atoms with Gasteiger partial charge in [0.25, 0.3) is 0 Å².